The number of esters is 1. The number of ether oxygens (including phenoxy) is 1. The first-order valence-electron chi connectivity index (χ1n) is 5.37. The summed E-state index contributed by atoms with van der Waals surface area (Å²) in [7, 11) is 0. The fourth-order valence-electron chi connectivity index (χ4n) is 1.44. The molecule has 0 saturated heterocycles. The number of carbonyl (C=O) groups excluding carboxylic acids is 1. The molecule has 2 aromatic rings. The smallest absolute Gasteiger partial charge is 0.339 e. The lowest BCUT2D eigenvalue weighted by Crippen LogP contribution is -2.12. The molecule has 6 heteroatoms. The zero-order valence-corrected chi connectivity index (χ0v) is 12.3. The van der Waals surface area contributed by atoms with E-state index in [1.165, 1.54) is 11.3 Å². The maximum absolute atomic E-state index is 12.0. The van der Waals surface area contributed by atoms with Gasteiger partial charge in [0.2, 0.25) is 0 Å². The van der Waals surface area contributed by atoms with Crippen molar-refractivity contribution in [2.75, 3.05) is 0 Å². The molecule has 0 aliphatic heterocycles. The Morgan fingerprint density at radius 2 is 2.06 bits per heavy atom. The van der Waals surface area contributed by atoms with E-state index >= 15 is 0 Å². The van der Waals surface area contributed by atoms with Crippen LogP contribution in [0.25, 0.3) is 10.6 Å². The minimum absolute atomic E-state index is 0.147. The molecule has 4 nitrogen and oxygen atoms in total. The zero-order valence-electron chi connectivity index (χ0n) is 9.88. The quantitative estimate of drug-likeness (QED) is 0.809. The highest BCUT2D eigenvalue weighted by Crippen LogP contribution is 2.29. The predicted molar refractivity (Wildman–Crippen MR) is 73.6 cm³/mol. The fraction of sp³-hybridized carbons (Fsp3) is 0.250. The van der Waals surface area contributed by atoms with Gasteiger partial charge in [0.25, 0.3) is 0 Å². The largest absolute Gasteiger partial charge is 0.459 e. The number of hydrogen-bond donors (Lipinski definition) is 0. The molecule has 2 rings (SSSR count). The topological polar surface area (TPSA) is 52.1 Å². The third-order valence-electron chi connectivity index (χ3n) is 2.12. The standard InChI is InChI=1S/C12H11BrN2O2S/c1-7(2)17-11(16)9-6-4-3-5-8(9)10-14-15-12(13)18-10/h3-7H,1-2H3. The lowest BCUT2D eigenvalue weighted by molar-refractivity contribution is 0.0379. The number of halogens is 1. The summed E-state index contributed by atoms with van der Waals surface area (Å²) < 4.78 is 5.90. The minimum Gasteiger partial charge on any atom is -0.459 e. The van der Waals surface area contributed by atoms with Crippen molar-refractivity contribution in [3.05, 3.63) is 33.7 Å². The van der Waals surface area contributed by atoms with Crippen LogP contribution in [-0.4, -0.2) is 22.3 Å². The van der Waals surface area contributed by atoms with Gasteiger partial charge in [-0.2, -0.15) is 0 Å². The average Bonchev–Trinajstić information content (AvgIpc) is 2.75. The van der Waals surface area contributed by atoms with E-state index in [4.69, 9.17) is 4.74 Å². The Hall–Kier alpha value is -1.27. The van der Waals surface area contributed by atoms with Gasteiger partial charge in [0.1, 0.15) is 5.01 Å². The second kappa shape index (κ2) is 5.58. The lowest BCUT2D eigenvalue weighted by Gasteiger charge is -2.09. The van der Waals surface area contributed by atoms with Crippen molar-refractivity contribution in [1.82, 2.24) is 10.2 Å². The maximum atomic E-state index is 12.0. The van der Waals surface area contributed by atoms with Gasteiger partial charge >= 0.3 is 5.97 Å². The Kier molecular flexibility index (Phi) is 4.08. The van der Waals surface area contributed by atoms with E-state index in [9.17, 15) is 4.79 Å². The molecule has 1 heterocycles. The van der Waals surface area contributed by atoms with E-state index in [-0.39, 0.29) is 12.1 Å². The first-order valence-corrected chi connectivity index (χ1v) is 6.98. The van der Waals surface area contributed by atoms with Crippen LogP contribution in [-0.2, 0) is 4.74 Å². The van der Waals surface area contributed by atoms with Gasteiger partial charge in [-0.1, -0.05) is 29.5 Å². The van der Waals surface area contributed by atoms with Crippen LogP contribution in [0, 0.1) is 0 Å². The van der Waals surface area contributed by atoms with Crippen molar-refractivity contribution >= 4 is 33.2 Å². The second-order valence-corrected chi connectivity index (χ2v) is 6.11. The van der Waals surface area contributed by atoms with E-state index in [0.717, 1.165) is 5.56 Å². The fourth-order valence-corrected chi connectivity index (χ4v) is 2.59. The Morgan fingerprint density at radius 3 is 2.67 bits per heavy atom. The summed E-state index contributed by atoms with van der Waals surface area (Å²) in [6, 6.07) is 7.23. The molecule has 18 heavy (non-hydrogen) atoms. The average molecular weight is 327 g/mol. The Bertz CT molecular complexity index is 569. The van der Waals surface area contributed by atoms with Crippen molar-refractivity contribution in [2.45, 2.75) is 20.0 Å². The molecule has 0 atom stereocenters. The molecular weight excluding hydrogens is 316 g/mol. The first-order chi connectivity index (χ1) is 8.58. The maximum Gasteiger partial charge on any atom is 0.339 e. The highest BCUT2D eigenvalue weighted by Gasteiger charge is 2.17. The van der Waals surface area contributed by atoms with Gasteiger partial charge in [0.05, 0.1) is 11.7 Å². The summed E-state index contributed by atoms with van der Waals surface area (Å²) in [6.45, 7) is 3.64. The van der Waals surface area contributed by atoms with E-state index in [0.29, 0.717) is 14.5 Å². The predicted octanol–water partition coefficient (Wildman–Crippen LogP) is 3.53. The van der Waals surface area contributed by atoms with E-state index in [2.05, 4.69) is 26.1 Å². The lowest BCUT2D eigenvalue weighted by atomic mass is 10.1. The van der Waals surface area contributed by atoms with Crippen molar-refractivity contribution in [2.24, 2.45) is 0 Å². The normalized spacial score (nSPS) is 10.7. The van der Waals surface area contributed by atoms with Crippen LogP contribution in [0.2, 0.25) is 0 Å². The van der Waals surface area contributed by atoms with Crippen LogP contribution in [0.15, 0.2) is 28.2 Å². The van der Waals surface area contributed by atoms with Crippen LogP contribution in [0.4, 0.5) is 0 Å². The minimum atomic E-state index is -0.341. The Morgan fingerprint density at radius 1 is 1.33 bits per heavy atom. The van der Waals surface area contributed by atoms with Gasteiger partial charge in [-0.3, -0.25) is 0 Å². The van der Waals surface area contributed by atoms with Crippen molar-refractivity contribution in [3.8, 4) is 10.6 Å². The van der Waals surface area contributed by atoms with Crippen LogP contribution < -0.4 is 0 Å². The number of carbonyl (C=O) groups is 1. The summed E-state index contributed by atoms with van der Waals surface area (Å²) in [5.74, 6) is -0.341. The number of benzene rings is 1. The summed E-state index contributed by atoms with van der Waals surface area (Å²) >= 11 is 4.64. The SMILES string of the molecule is CC(C)OC(=O)c1ccccc1-c1nnc(Br)s1. The van der Waals surface area contributed by atoms with Gasteiger partial charge < -0.3 is 4.74 Å². The van der Waals surface area contributed by atoms with Crippen molar-refractivity contribution in [1.29, 1.82) is 0 Å². The number of nitrogens with zero attached hydrogens (tertiary/aromatic N) is 2. The monoisotopic (exact) mass is 326 g/mol. The molecule has 0 spiro atoms. The Balaban J connectivity index is 2.40. The van der Waals surface area contributed by atoms with Gasteiger partial charge in [-0.25, -0.2) is 4.79 Å². The van der Waals surface area contributed by atoms with Crippen molar-refractivity contribution in [3.63, 3.8) is 0 Å². The van der Waals surface area contributed by atoms with Crippen LogP contribution in [0.3, 0.4) is 0 Å². The first kappa shape index (κ1) is 13.2. The summed E-state index contributed by atoms with van der Waals surface area (Å²) in [6.07, 6.45) is -0.147. The second-order valence-electron chi connectivity index (χ2n) is 3.86. The van der Waals surface area contributed by atoms with Gasteiger partial charge in [0, 0.05) is 5.56 Å². The highest BCUT2D eigenvalue weighted by molar-refractivity contribution is 9.11. The third-order valence-corrected chi connectivity index (χ3v) is 3.51. The van der Waals surface area contributed by atoms with Gasteiger partial charge in [-0.05, 0) is 35.8 Å². The molecular formula is C12H11BrN2O2S. The number of hydrogen-bond acceptors (Lipinski definition) is 5. The molecule has 0 radical (unpaired) electrons. The molecule has 0 bridgehead atoms. The van der Waals surface area contributed by atoms with E-state index in [1.807, 2.05) is 26.0 Å². The summed E-state index contributed by atoms with van der Waals surface area (Å²) in [4.78, 5) is 12.0. The number of aromatic nitrogens is 2. The van der Waals surface area contributed by atoms with Crippen LogP contribution in [0.5, 0.6) is 0 Å². The molecule has 0 N–H and O–H groups in total. The third kappa shape index (κ3) is 2.94. The molecule has 0 aliphatic carbocycles. The highest BCUT2D eigenvalue weighted by atomic mass is 79.9. The van der Waals surface area contributed by atoms with Gasteiger partial charge in [0.15, 0.2) is 3.92 Å². The molecule has 0 aliphatic rings. The molecule has 0 amide bonds. The molecule has 0 fully saturated rings. The van der Waals surface area contributed by atoms with Gasteiger partial charge in [-0.15, -0.1) is 10.2 Å². The van der Waals surface area contributed by atoms with E-state index < -0.39 is 0 Å². The molecule has 0 saturated carbocycles. The molecule has 94 valence electrons. The zero-order chi connectivity index (χ0) is 13.1. The molecule has 1 aromatic carbocycles. The van der Waals surface area contributed by atoms with E-state index in [1.54, 1.807) is 12.1 Å². The molecule has 1 aromatic heterocycles. The molecule has 0 unspecified atom stereocenters. The van der Waals surface area contributed by atoms with Crippen LogP contribution >= 0.6 is 27.3 Å². The summed E-state index contributed by atoms with van der Waals surface area (Å²) in [5.41, 5.74) is 1.25. The van der Waals surface area contributed by atoms with Crippen LogP contribution in [0.1, 0.15) is 24.2 Å². The van der Waals surface area contributed by atoms with Crippen molar-refractivity contribution < 1.29 is 9.53 Å². The summed E-state index contributed by atoms with van der Waals surface area (Å²) in [5, 5.41) is 8.60. The number of rotatable bonds is 3. The Labute approximate surface area is 117 Å².